The van der Waals surface area contributed by atoms with Gasteiger partial charge in [0.15, 0.2) is 0 Å². The van der Waals surface area contributed by atoms with E-state index in [2.05, 4.69) is 5.32 Å². The molecule has 11 heteroatoms. The topological polar surface area (TPSA) is 86.8 Å². The van der Waals surface area contributed by atoms with Crippen LogP contribution in [0.4, 0.5) is 10.1 Å². The van der Waals surface area contributed by atoms with Crippen molar-refractivity contribution in [2.75, 3.05) is 10.8 Å². The van der Waals surface area contributed by atoms with Gasteiger partial charge >= 0.3 is 0 Å². The summed E-state index contributed by atoms with van der Waals surface area (Å²) in [5, 5.41) is 3.23. The second-order valence-electron chi connectivity index (χ2n) is 9.59. The van der Waals surface area contributed by atoms with E-state index in [1.165, 1.54) is 59.5 Å². The molecule has 0 fully saturated rings. The highest BCUT2D eigenvalue weighted by atomic mass is 35.5. The molecule has 0 saturated carbocycles. The molecule has 2 atom stereocenters. The van der Waals surface area contributed by atoms with Crippen molar-refractivity contribution >= 4 is 50.7 Å². The Labute approximate surface area is 244 Å². The van der Waals surface area contributed by atoms with E-state index in [0.717, 1.165) is 9.87 Å². The van der Waals surface area contributed by atoms with Crippen molar-refractivity contribution in [2.24, 2.45) is 0 Å². The summed E-state index contributed by atoms with van der Waals surface area (Å²) in [7, 11) is -4.26. The van der Waals surface area contributed by atoms with Crippen LogP contribution in [0.25, 0.3) is 0 Å². The third-order valence-corrected chi connectivity index (χ3v) is 8.68. The van der Waals surface area contributed by atoms with Gasteiger partial charge in [-0.25, -0.2) is 12.8 Å². The molecule has 40 heavy (non-hydrogen) atoms. The van der Waals surface area contributed by atoms with Crippen molar-refractivity contribution < 1.29 is 22.4 Å². The van der Waals surface area contributed by atoms with E-state index in [4.69, 9.17) is 23.2 Å². The summed E-state index contributed by atoms with van der Waals surface area (Å²) in [5.41, 5.74) is 1.51. The highest BCUT2D eigenvalue weighted by Crippen LogP contribution is 2.30. The normalized spacial score (nSPS) is 12.9. The first kappa shape index (κ1) is 31.4. The number of aryl methyl sites for hydroxylation is 1. The summed E-state index contributed by atoms with van der Waals surface area (Å²) < 4.78 is 42.2. The lowest BCUT2D eigenvalue weighted by Crippen LogP contribution is -2.52. The molecule has 3 rings (SSSR count). The summed E-state index contributed by atoms with van der Waals surface area (Å²) in [4.78, 5) is 28.2. The van der Waals surface area contributed by atoms with Gasteiger partial charge in [-0.2, -0.15) is 0 Å². The highest BCUT2D eigenvalue weighted by Gasteiger charge is 2.33. The Kier molecular flexibility index (Phi) is 10.6. The number of rotatable bonds is 11. The molecule has 0 aliphatic carbocycles. The molecule has 0 aromatic heterocycles. The molecule has 0 unspecified atom stereocenters. The van der Waals surface area contributed by atoms with Crippen molar-refractivity contribution in [3.05, 3.63) is 93.7 Å². The van der Waals surface area contributed by atoms with Crippen molar-refractivity contribution in [2.45, 2.75) is 57.6 Å². The SMILES string of the molecule is CC[C@@H](C)NC(=O)[C@H](C)N(Cc1ccc(F)cc1)C(=O)CN(c1cc(Cl)cc(Cl)c1)S(=O)(=O)c1ccc(C)cc1. The number of amides is 2. The maximum absolute atomic E-state index is 13.9. The van der Waals surface area contributed by atoms with Crippen LogP contribution in [0, 0.1) is 12.7 Å². The van der Waals surface area contributed by atoms with Crippen LogP contribution < -0.4 is 9.62 Å². The number of anilines is 1. The van der Waals surface area contributed by atoms with Gasteiger partial charge in [0.2, 0.25) is 11.8 Å². The van der Waals surface area contributed by atoms with E-state index in [1.54, 1.807) is 19.1 Å². The van der Waals surface area contributed by atoms with E-state index in [0.29, 0.717) is 12.0 Å². The molecule has 0 radical (unpaired) electrons. The van der Waals surface area contributed by atoms with E-state index < -0.39 is 40.2 Å². The van der Waals surface area contributed by atoms with Crippen LogP contribution in [0.15, 0.2) is 71.6 Å². The Morgan fingerprint density at radius 3 is 2.08 bits per heavy atom. The second kappa shape index (κ2) is 13.5. The molecule has 3 aromatic carbocycles. The number of hydrogen-bond acceptors (Lipinski definition) is 4. The van der Waals surface area contributed by atoms with Crippen LogP contribution in [0.3, 0.4) is 0 Å². The molecule has 0 saturated heterocycles. The fourth-order valence-electron chi connectivity index (χ4n) is 3.88. The number of halogens is 3. The third kappa shape index (κ3) is 7.96. The third-order valence-electron chi connectivity index (χ3n) is 6.46. The summed E-state index contributed by atoms with van der Waals surface area (Å²) in [6.07, 6.45) is 0.683. The summed E-state index contributed by atoms with van der Waals surface area (Å²) in [5.74, 6) is -1.50. The zero-order valence-electron chi connectivity index (χ0n) is 22.7. The number of nitrogens with one attached hydrogen (secondary N) is 1. The fraction of sp³-hybridized carbons (Fsp3) is 0.310. The van der Waals surface area contributed by atoms with E-state index in [9.17, 15) is 22.4 Å². The average molecular weight is 609 g/mol. The number of hydrogen-bond donors (Lipinski definition) is 1. The standard InChI is InChI=1S/C29H32Cl2FN3O4S/c1-5-20(3)33-29(37)21(4)34(17-22-8-10-25(32)11-9-22)28(36)18-35(26-15-23(30)14-24(31)16-26)40(38,39)27-12-6-19(2)7-13-27/h6-16,20-21H,5,17-18H2,1-4H3,(H,33,37)/t20-,21+/m1/s1. The first-order valence-corrected chi connectivity index (χ1v) is 14.9. The molecule has 214 valence electrons. The first-order valence-electron chi connectivity index (χ1n) is 12.7. The predicted molar refractivity (Wildman–Crippen MR) is 156 cm³/mol. The maximum atomic E-state index is 13.9. The molecule has 0 spiro atoms. The molecule has 3 aromatic rings. The number of nitrogens with zero attached hydrogens (tertiary/aromatic N) is 2. The van der Waals surface area contributed by atoms with Gasteiger partial charge in [0, 0.05) is 22.6 Å². The quantitative estimate of drug-likeness (QED) is 0.291. The Morgan fingerprint density at radius 1 is 0.950 bits per heavy atom. The lowest BCUT2D eigenvalue weighted by molar-refractivity contribution is -0.139. The average Bonchev–Trinajstić information content (AvgIpc) is 2.90. The van der Waals surface area contributed by atoms with Gasteiger partial charge < -0.3 is 10.2 Å². The highest BCUT2D eigenvalue weighted by molar-refractivity contribution is 7.92. The molecular formula is C29H32Cl2FN3O4S. The van der Waals surface area contributed by atoms with Crippen LogP contribution >= 0.6 is 23.2 Å². The Morgan fingerprint density at radius 2 is 1.52 bits per heavy atom. The largest absolute Gasteiger partial charge is 0.352 e. The molecule has 0 heterocycles. The minimum absolute atomic E-state index is 0.0327. The van der Waals surface area contributed by atoms with Crippen molar-refractivity contribution in [1.29, 1.82) is 0 Å². The Bertz CT molecular complexity index is 1430. The molecule has 0 aliphatic heterocycles. The minimum Gasteiger partial charge on any atom is -0.352 e. The fourth-order valence-corrected chi connectivity index (χ4v) is 5.80. The van der Waals surface area contributed by atoms with E-state index >= 15 is 0 Å². The van der Waals surface area contributed by atoms with Crippen LogP contribution in [-0.2, 0) is 26.2 Å². The van der Waals surface area contributed by atoms with Crippen LogP contribution in [0.5, 0.6) is 0 Å². The molecule has 7 nitrogen and oxygen atoms in total. The summed E-state index contributed by atoms with van der Waals surface area (Å²) in [6.45, 7) is 6.45. The van der Waals surface area contributed by atoms with Crippen molar-refractivity contribution in [3.8, 4) is 0 Å². The molecule has 1 N–H and O–H groups in total. The van der Waals surface area contributed by atoms with Crippen molar-refractivity contribution in [1.82, 2.24) is 10.2 Å². The molecule has 0 bridgehead atoms. The van der Waals surface area contributed by atoms with Gasteiger partial charge in [0.1, 0.15) is 18.4 Å². The summed E-state index contributed by atoms with van der Waals surface area (Å²) >= 11 is 12.4. The second-order valence-corrected chi connectivity index (χ2v) is 12.3. The van der Waals surface area contributed by atoms with Gasteiger partial charge in [-0.3, -0.25) is 13.9 Å². The first-order chi connectivity index (χ1) is 18.8. The van der Waals surface area contributed by atoms with E-state index in [1.807, 2.05) is 20.8 Å². The van der Waals surface area contributed by atoms with Crippen LogP contribution in [0.2, 0.25) is 10.0 Å². The number of carbonyl (C=O) groups excluding carboxylic acids is 2. The smallest absolute Gasteiger partial charge is 0.264 e. The molecular weight excluding hydrogens is 576 g/mol. The van der Waals surface area contributed by atoms with Crippen LogP contribution in [-0.4, -0.2) is 43.8 Å². The van der Waals surface area contributed by atoms with Gasteiger partial charge in [0.25, 0.3) is 10.0 Å². The molecule has 0 aliphatic rings. The zero-order chi connectivity index (χ0) is 29.6. The summed E-state index contributed by atoms with van der Waals surface area (Å²) in [6, 6.07) is 14.9. The maximum Gasteiger partial charge on any atom is 0.264 e. The number of sulfonamides is 1. The lowest BCUT2D eigenvalue weighted by Gasteiger charge is -2.32. The van der Waals surface area contributed by atoms with Gasteiger partial charge in [0.05, 0.1) is 10.6 Å². The zero-order valence-corrected chi connectivity index (χ0v) is 25.0. The van der Waals surface area contributed by atoms with Gasteiger partial charge in [-0.05, 0) is 75.2 Å². The van der Waals surface area contributed by atoms with Crippen LogP contribution in [0.1, 0.15) is 38.3 Å². The van der Waals surface area contributed by atoms with Gasteiger partial charge in [-0.15, -0.1) is 0 Å². The van der Waals surface area contributed by atoms with E-state index in [-0.39, 0.29) is 33.2 Å². The monoisotopic (exact) mass is 607 g/mol. The Balaban J connectivity index is 2.05. The Hall–Kier alpha value is -3.14. The predicted octanol–water partition coefficient (Wildman–Crippen LogP) is 5.97. The molecule has 2 amide bonds. The van der Waals surface area contributed by atoms with Gasteiger partial charge in [-0.1, -0.05) is 60.0 Å². The minimum atomic E-state index is -4.26. The number of benzene rings is 3. The van der Waals surface area contributed by atoms with Crippen molar-refractivity contribution in [3.63, 3.8) is 0 Å². The lowest BCUT2D eigenvalue weighted by atomic mass is 10.1. The number of carbonyl (C=O) groups is 2.